The quantitative estimate of drug-likeness (QED) is 0.828. The first-order chi connectivity index (χ1) is 9.72. The molecule has 0 atom stereocenters. The van der Waals surface area contributed by atoms with E-state index in [9.17, 15) is 4.39 Å². The summed E-state index contributed by atoms with van der Waals surface area (Å²) in [7, 11) is 0. The molecule has 1 saturated heterocycles. The molecule has 2 fully saturated rings. The van der Waals surface area contributed by atoms with Gasteiger partial charge < -0.3 is 0 Å². The Balaban J connectivity index is 1.53. The highest BCUT2D eigenvalue weighted by molar-refractivity contribution is 9.10. The van der Waals surface area contributed by atoms with Crippen molar-refractivity contribution in [3.8, 4) is 0 Å². The fraction of sp³-hybridized carbons (Fsp3) is 0.625. The summed E-state index contributed by atoms with van der Waals surface area (Å²) in [6, 6.07) is 5.84. The Hall–Kier alpha value is -0.450. The van der Waals surface area contributed by atoms with E-state index in [0.717, 1.165) is 30.1 Å². The van der Waals surface area contributed by atoms with Crippen LogP contribution in [0.25, 0.3) is 0 Å². The smallest absolute Gasteiger partial charge is 0.124 e. The van der Waals surface area contributed by atoms with Crippen molar-refractivity contribution < 1.29 is 4.39 Å². The molecule has 1 heterocycles. The van der Waals surface area contributed by atoms with Gasteiger partial charge in [0.05, 0.1) is 0 Å². The van der Waals surface area contributed by atoms with E-state index in [1.807, 2.05) is 6.07 Å². The third-order valence-electron chi connectivity index (χ3n) is 4.66. The average Bonchev–Trinajstić information content (AvgIpc) is 2.97. The van der Waals surface area contributed by atoms with Crippen molar-refractivity contribution in [2.24, 2.45) is 0 Å². The SMILES string of the molecule is Fc1ccc(CN2CCN(C3CCCC3)CC2)c(Br)c1. The number of benzene rings is 1. The Bertz CT molecular complexity index is 452. The monoisotopic (exact) mass is 340 g/mol. The van der Waals surface area contributed by atoms with Gasteiger partial charge in [-0.25, -0.2) is 4.39 Å². The molecule has 1 aliphatic carbocycles. The van der Waals surface area contributed by atoms with Gasteiger partial charge in [0.15, 0.2) is 0 Å². The van der Waals surface area contributed by atoms with Gasteiger partial charge in [0.25, 0.3) is 0 Å². The van der Waals surface area contributed by atoms with Crippen LogP contribution in [0.2, 0.25) is 0 Å². The molecule has 0 radical (unpaired) electrons. The van der Waals surface area contributed by atoms with Crippen molar-refractivity contribution in [3.63, 3.8) is 0 Å². The van der Waals surface area contributed by atoms with Crippen LogP contribution < -0.4 is 0 Å². The molecule has 0 spiro atoms. The molecule has 1 saturated carbocycles. The number of rotatable bonds is 3. The standard InChI is InChI=1S/C16H22BrFN2/c17-16-11-14(18)6-5-13(16)12-19-7-9-20(10-8-19)15-3-1-2-4-15/h5-6,11,15H,1-4,7-10,12H2. The molecule has 3 rings (SSSR count). The average molecular weight is 341 g/mol. The molecule has 2 aliphatic rings. The lowest BCUT2D eigenvalue weighted by Gasteiger charge is -2.38. The minimum Gasteiger partial charge on any atom is -0.298 e. The zero-order valence-corrected chi connectivity index (χ0v) is 13.4. The zero-order valence-electron chi connectivity index (χ0n) is 11.8. The molecule has 2 nitrogen and oxygen atoms in total. The van der Waals surface area contributed by atoms with E-state index in [-0.39, 0.29) is 5.82 Å². The molecule has 0 unspecified atom stereocenters. The van der Waals surface area contributed by atoms with E-state index >= 15 is 0 Å². The summed E-state index contributed by atoms with van der Waals surface area (Å²) in [6.07, 6.45) is 5.60. The molecule has 0 N–H and O–H groups in total. The van der Waals surface area contributed by atoms with E-state index in [2.05, 4.69) is 25.7 Å². The fourth-order valence-corrected chi connectivity index (χ4v) is 3.92. The first kappa shape index (κ1) is 14.5. The summed E-state index contributed by atoms with van der Waals surface area (Å²) >= 11 is 3.46. The number of hydrogen-bond donors (Lipinski definition) is 0. The Morgan fingerprint density at radius 3 is 2.45 bits per heavy atom. The van der Waals surface area contributed by atoms with E-state index < -0.39 is 0 Å². The van der Waals surface area contributed by atoms with Gasteiger partial charge in [0, 0.05) is 43.2 Å². The zero-order chi connectivity index (χ0) is 13.9. The van der Waals surface area contributed by atoms with Crippen molar-refractivity contribution in [1.82, 2.24) is 9.80 Å². The van der Waals surface area contributed by atoms with Crippen molar-refractivity contribution in [2.45, 2.75) is 38.3 Å². The van der Waals surface area contributed by atoms with E-state index in [1.54, 1.807) is 12.1 Å². The maximum Gasteiger partial charge on any atom is 0.124 e. The van der Waals surface area contributed by atoms with Crippen LogP contribution >= 0.6 is 15.9 Å². The maximum atomic E-state index is 13.1. The molecule has 1 aromatic carbocycles. The Morgan fingerprint density at radius 2 is 1.80 bits per heavy atom. The van der Waals surface area contributed by atoms with Gasteiger partial charge in [-0.1, -0.05) is 34.8 Å². The molecule has 4 heteroatoms. The van der Waals surface area contributed by atoms with Crippen LogP contribution in [-0.4, -0.2) is 42.0 Å². The van der Waals surface area contributed by atoms with Crippen LogP contribution in [-0.2, 0) is 6.54 Å². The second kappa shape index (κ2) is 6.54. The molecule has 0 aromatic heterocycles. The highest BCUT2D eigenvalue weighted by atomic mass is 79.9. The molecular weight excluding hydrogens is 319 g/mol. The largest absolute Gasteiger partial charge is 0.298 e. The first-order valence-corrected chi connectivity index (χ1v) is 8.42. The highest BCUT2D eigenvalue weighted by Gasteiger charge is 2.26. The Morgan fingerprint density at radius 1 is 1.10 bits per heavy atom. The summed E-state index contributed by atoms with van der Waals surface area (Å²) in [6.45, 7) is 5.53. The minimum absolute atomic E-state index is 0.174. The lowest BCUT2D eigenvalue weighted by Crippen LogP contribution is -2.49. The van der Waals surface area contributed by atoms with Crippen molar-refractivity contribution >= 4 is 15.9 Å². The van der Waals surface area contributed by atoms with Crippen LogP contribution in [0.15, 0.2) is 22.7 Å². The van der Waals surface area contributed by atoms with Gasteiger partial charge >= 0.3 is 0 Å². The summed E-state index contributed by atoms with van der Waals surface area (Å²) in [5, 5.41) is 0. The van der Waals surface area contributed by atoms with Crippen molar-refractivity contribution in [2.75, 3.05) is 26.2 Å². The lowest BCUT2D eigenvalue weighted by atomic mass is 10.1. The Kier molecular flexibility index (Phi) is 4.74. The summed E-state index contributed by atoms with van der Waals surface area (Å²) in [5.74, 6) is -0.174. The minimum atomic E-state index is -0.174. The molecular formula is C16H22BrFN2. The van der Waals surface area contributed by atoms with Crippen molar-refractivity contribution in [1.29, 1.82) is 0 Å². The summed E-state index contributed by atoms with van der Waals surface area (Å²) in [5.41, 5.74) is 1.18. The van der Waals surface area contributed by atoms with Gasteiger partial charge in [0.2, 0.25) is 0 Å². The normalized spacial score (nSPS) is 22.5. The maximum absolute atomic E-state index is 13.1. The predicted octanol–water partition coefficient (Wildman–Crippen LogP) is 3.65. The van der Waals surface area contributed by atoms with Crippen LogP contribution in [0.5, 0.6) is 0 Å². The van der Waals surface area contributed by atoms with Crippen LogP contribution in [0.3, 0.4) is 0 Å². The van der Waals surface area contributed by atoms with Crippen molar-refractivity contribution in [3.05, 3.63) is 34.1 Å². The molecule has 1 aromatic rings. The third kappa shape index (κ3) is 3.41. The number of nitrogens with zero attached hydrogens (tertiary/aromatic N) is 2. The first-order valence-electron chi connectivity index (χ1n) is 7.63. The second-order valence-electron chi connectivity index (χ2n) is 5.99. The topological polar surface area (TPSA) is 6.48 Å². The van der Waals surface area contributed by atoms with Gasteiger partial charge in [0.1, 0.15) is 5.82 Å². The lowest BCUT2D eigenvalue weighted by molar-refractivity contribution is 0.0936. The second-order valence-corrected chi connectivity index (χ2v) is 6.84. The summed E-state index contributed by atoms with van der Waals surface area (Å²) < 4.78 is 14.0. The highest BCUT2D eigenvalue weighted by Crippen LogP contribution is 2.25. The molecule has 0 amide bonds. The number of halogens is 2. The van der Waals surface area contributed by atoms with Crippen LogP contribution in [0.1, 0.15) is 31.2 Å². The molecule has 1 aliphatic heterocycles. The van der Waals surface area contributed by atoms with Crippen LogP contribution in [0, 0.1) is 5.82 Å². The number of hydrogen-bond acceptors (Lipinski definition) is 2. The fourth-order valence-electron chi connectivity index (χ4n) is 3.45. The third-order valence-corrected chi connectivity index (χ3v) is 5.40. The van der Waals surface area contributed by atoms with Gasteiger partial charge in [-0.2, -0.15) is 0 Å². The summed E-state index contributed by atoms with van der Waals surface area (Å²) in [4.78, 5) is 5.15. The Labute approximate surface area is 129 Å². The van der Waals surface area contributed by atoms with Crippen LogP contribution in [0.4, 0.5) is 4.39 Å². The number of piperazine rings is 1. The molecule has 110 valence electrons. The van der Waals surface area contributed by atoms with E-state index in [1.165, 1.54) is 44.3 Å². The van der Waals surface area contributed by atoms with Gasteiger partial charge in [-0.3, -0.25) is 9.80 Å². The van der Waals surface area contributed by atoms with Gasteiger partial charge in [-0.05, 0) is 30.5 Å². The van der Waals surface area contributed by atoms with E-state index in [0.29, 0.717) is 0 Å². The molecule has 20 heavy (non-hydrogen) atoms. The van der Waals surface area contributed by atoms with Gasteiger partial charge in [-0.15, -0.1) is 0 Å². The predicted molar refractivity (Wildman–Crippen MR) is 83.2 cm³/mol. The molecule has 0 bridgehead atoms. The van der Waals surface area contributed by atoms with E-state index in [4.69, 9.17) is 0 Å².